The molecule has 0 fully saturated rings. The first-order valence-electron chi connectivity index (χ1n) is 10.5. The number of Topliss-reactive ketones (excluding diaryl/α,β-unsaturated/α-hetero) is 1. The number of aliphatic hydroxyl groups excluding tert-OH is 1. The van der Waals surface area contributed by atoms with Crippen LogP contribution in [0.4, 0.5) is 0 Å². The fourth-order valence-electron chi connectivity index (χ4n) is 4.35. The van der Waals surface area contributed by atoms with Crippen molar-refractivity contribution < 1.29 is 28.9 Å². The molecule has 2 N–H and O–H groups in total. The lowest BCUT2D eigenvalue weighted by Crippen LogP contribution is -2.33. The molecule has 1 atom stereocenters. The Morgan fingerprint density at radius 3 is 2.42 bits per heavy atom. The number of hydrogen-bond acceptors (Lipinski definition) is 6. The Bertz CT molecular complexity index is 1260. The minimum absolute atomic E-state index is 0.0483. The number of nitrogens with one attached hydrogen (secondary N) is 1. The summed E-state index contributed by atoms with van der Waals surface area (Å²) in [4.78, 5) is 30.3. The van der Waals surface area contributed by atoms with Gasteiger partial charge in [0, 0.05) is 29.2 Å². The van der Waals surface area contributed by atoms with Crippen molar-refractivity contribution in [3.63, 3.8) is 0 Å². The molecule has 0 aliphatic carbocycles. The van der Waals surface area contributed by atoms with Crippen LogP contribution in [-0.2, 0) is 16.0 Å². The number of carbonyl (C=O) groups excluding carboxylic acids is 2. The molecule has 0 radical (unpaired) electrons. The summed E-state index contributed by atoms with van der Waals surface area (Å²) in [7, 11) is 4.66. The first kappa shape index (κ1) is 22.3. The molecule has 2 aromatic carbocycles. The fraction of sp³-hybridized carbons (Fsp3) is 0.280. The predicted octanol–water partition coefficient (Wildman–Crippen LogP) is 3.72. The minimum Gasteiger partial charge on any atom is -0.503 e. The maximum absolute atomic E-state index is 13.0. The summed E-state index contributed by atoms with van der Waals surface area (Å²) < 4.78 is 16.2. The molecule has 0 saturated heterocycles. The van der Waals surface area contributed by atoms with E-state index >= 15 is 0 Å². The second kappa shape index (κ2) is 8.90. The van der Waals surface area contributed by atoms with Crippen molar-refractivity contribution in [1.82, 2.24) is 9.88 Å². The van der Waals surface area contributed by atoms with Crippen molar-refractivity contribution in [2.24, 2.45) is 0 Å². The van der Waals surface area contributed by atoms with E-state index in [-0.39, 0.29) is 17.9 Å². The van der Waals surface area contributed by atoms with E-state index in [4.69, 9.17) is 14.2 Å². The van der Waals surface area contributed by atoms with Crippen LogP contribution in [-0.4, -0.2) is 54.6 Å². The quantitative estimate of drug-likeness (QED) is 0.543. The highest BCUT2D eigenvalue weighted by molar-refractivity contribution is 6.08. The Morgan fingerprint density at radius 2 is 1.76 bits per heavy atom. The third-order valence-electron chi connectivity index (χ3n) is 6.01. The number of methoxy groups -OCH3 is 3. The zero-order valence-electron chi connectivity index (χ0n) is 19.0. The van der Waals surface area contributed by atoms with Crippen LogP contribution in [0, 0.1) is 0 Å². The molecule has 8 heteroatoms. The van der Waals surface area contributed by atoms with Gasteiger partial charge in [-0.15, -0.1) is 0 Å². The molecule has 0 saturated carbocycles. The molecule has 1 amide bonds. The van der Waals surface area contributed by atoms with E-state index in [0.29, 0.717) is 23.5 Å². The van der Waals surface area contributed by atoms with E-state index < -0.39 is 17.7 Å². The van der Waals surface area contributed by atoms with E-state index in [0.717, 1.165) is 22.2 Å². The molecular formula is C25H26N2O6. The monoisotopic (exact) mass is 450 g/mol. The number of ether oxygens (including phenoxy) is 3. The molecule has 1 aromatic heterocycles. The number of benzene rings is 2. The molecule has 4 rings (SSSR count). The van der Waals surface area contributed by atoms with Crippen LogP contribution >= 0.6 is 0 Å². The number of H-pyrrole nitrogens is 1. The topological polar surface area (TPSA) is 101 Å². The number of hydrogen-bond donors (Lipinski definition) is 2. The van der Waals surface area contributed by atoms with Crippen molar-refractivity contribution in [3.05, 3.63) is 65.1 Å². The Kier molecular flexibility index (Phi) is 6.00. The zero-order chi connectivity index (χ0) is 23.7. The highest BCUT2D eigenvalue weighted by atomic mass is 16.5. The number of fused-ring (bicyclic) bond motifs is 1. The molecule has 8 nitrogen and oxygen atoms in total. The molecular weight excluding hydrogens is 424 g/mol. The zero-order valence-corrected chi connectivity index (χ0v) is 19.0. The van der Waals surface area contributed by atoms with Gasteiger partial charge in [-0.25, -0.2) is 0 Å². The lowest BCUT2D eigenvalue weighted by molar-refractivity contribution is -0.129. The van der Waals surface area contributed by atoms with Crippen molar-refractivity contribution in [1.29, 1.82) is 0 Å². The van der Waals surface area contributed by atoms with Gasteiger partial charge >= 0.3 is 0 Å². The second-order valence-corrected chi connectivity index (χ2v) is 7.80. The summed E-state index contributed by atoms with van der Waals surface area (Å²) in [6.07, 6.45) is 2.39. The Balaban J connectivity index is 1.73. The van der Waals surface area contributed by atoms with Crippen molar-refractivity contribution >= 4 is 22.6 Å². The maximum Gasteiger partial charge on any atom is 0.290 e. The van der Waals surface area contributed by atoms with E-state index in [9.17, 15) is 14.7 Å². The molecule has 172 valence electrons. The van der Waals surface area contributed by atoms with Gasteiger partial charge < -0.3 is 29.2 Å². The number of nitrogens with zero attached hydrogens (tertiary/aromatic N) is 1. The van der Waals surface area contributed by atoms with E-state index in [1.165, 1.54) is 26.0 Å². The molecule has 3 aromatic rings. The fourth-order valence-corrected chi connectivity index (χ4v) is 4.35. The smallest absolute Gasteiger partial charge is 0.290 e. The third kappa shape index (κ3) is 3.88. The van der Waals surface area contributed by atoms with Gasteiger partial charge in [0.05, 0.1) is 32.9 Å². The molecule has 0 spiro atoms. The van der Waals surface area contributed by atoms with Gasteiger partial charge in [-0.05, 0) is 55.3 Å². The average Bonchev–Trinajstić information content (AvgIpc) is 3.34. The first-order chi connectivity index (χ1) is 15.9. The Labute approximate surface area is 191 Å². The maximum atomic E-state index is 13.0. The van der Waals surface area contributed by atoms with Crippen LogP contribution in [0.5, 0.6) is 17.2 Å². The van der Waals surface area contributed by atoms with Gasteiger partial charge in [0.1, 0.15) is 17.2 Å². The number of aromatic amines is 1. The number of rotatable bonds is 8. The molecule has 0 unspecified atom stereocenters. The summed E-state index contributed by atoms with van der Waals surface area (Å²) in [6, 6.07) is 10.1. The Morgan fingerprint density at radius 1 is 1.06 bits per heavy atom. The highest BCUT2D eigenvalue weighted by Gasteiger charge is 2.43. The van der Waals surface area contributed by atoms with Crippen molar-refractivity contribution in [2.45, 2.75) is 19.4 Å². The van der Waals surface area contributed by atoms with E-state index in [2.05, 4.69) is 4.98 Å². The number of ketones is 1. The number of aliphatic hydroxyl groups is 1. The Hall–Kier alpha value is -3.94. The van der Waals surface area contributed by atoms with Gasteiger partial charge in [0.2, 0.25) is 0 Å². The van der Waals surface area contributed by atoms with E-state index in [1.807, 2.05) is 24.4 Å². The van der Waals surface area contributed by atoms with Gasteiger partial charge in [0.25, 0.3) is 5.91 Å². The SMILES string of the molecule is COc1ccc(OC)c([C@@H]2C(C(C)=O)=C(O)C(=O)N2CCc2c[nH]c3ccc(OC)cc23)c1. The van der Waals surface area contributed by atoms with Gasteiger partial charge in [-0.2, -0.15) is 0 Å². The summed E-state index contributed by atoms with van der Waals surface area (Å²) in [5.41, 5.74) is 2.56. The van der Waals surface area contributed by atoms with Crippen molar-refractivity contribution in [3.8, 4) is 17.2 Å². The predicted molar refractivity (Wildman–Crippen MR) is 123 cm³/mol. The van der Waals surface area contributed by atoms with Crippen LogP contribution in [0.25, 0.3) is 10.9 Å². The molecule has 33 heavy (non-hydrogen) atoms. The average molecular weight is 450 g/mol. The minimum atomic E-state index is -0.792. The summed E-state index contributed by atoms with van der Waals surface area (Å²) in [6.45, 7) is 1.61. The molecule has 1 aliphatic heterocycles. The van der Waals surface area contributed by atoms with E-state index in [1.54, 1.807) is 25.3 Å². The third-order valence-corrected chi connectivity index (χ3v) is 6.01. The summed E-state index contributed by atoms with van der Waals surface area (Å²) in [5.74, 6) is 0.276. The van der Waals surface area contributed by atoms with Crippen LogP contribution in [0.15, 0.2) is 53.9 Å². The highest BCUT2D eigenvalue weighted by Crippen LogP contribution is 2.42. The molecule has 2 heterocycles. The second-order valence-electron chi connectivity index (χ2n) is 7.80. The van der Waals surface area contributed by atoms with Gasteiger partial charge in [-0.1, -0.05) is 0 Å². The van der Waals surface area contributed by atoms with Gasteiger partial charge in [0.15, 0.2) is 11.5 Å². The van der Waals surface area contributed by atoms with Gasteiger partial charge in [-0.3, -0.25) is 9.59 Å². The first-order valence-corrected chi connectivity index (χ1v) is 10.5. The van der Waals surface area contributed by atoms with Crippen molar-refractivity contribution in [2.75, 3.05) is 27.9 Å². The summed E-state index contributed by atoms with van der Waals surface area (Å²) in [5, 5.41) is 11.6. The molecule has 0 bridgehead atoms. The lowest BCUT2D eigenvalue weighted by atomic mass is 9.95. The van der Waals surface area contributed by atoms with Crippen LogP contribution in [0.2, 0.25) is 0 Å². The lowest BCUT2D eigenvalue weighted by Gasteiger charge is -2.28. The van der Waals surface area contributed by atoms with Crippen LogP contribution < -0.4 is 14.2 Å². The molecule has 1 aliphatic rings. The standard InChI is InChI=1S/C25H26N2O6/c1-14(28)22-23(19-12-17(32-3)6-8-21(19)33-4)27(25(30)24(22)29)10-9-15-13-26-20-7-5-16(31-2)11-18(15)20/h5-8,11-13,23,26,29H,9-10H2,1-4H3/t23-/m1/s1. The normalized spacial score (nSPS) is 15.9. The van der Waals surface area contributed by atoms with Crippen LogP contribution in [0.3, 0.4) is 0 Å². The largest absolute Gasteiger partial charge is 0.503 e. The number of carbonyl (C=O) groups is 2. The van der Waals surface area contributed by atoms with Crippen LogP contribution in [0.1, 0.15) is 24.1 Å². The number of amides is 1. The number of aromatic nitrogens is 1. The summed E-state index contributed by atoms with van der Waals surface area (Å²) >= 11 is 0.